The highest BCUT2D eigenvalue weighted by molar-refractivity contribution is 6.42. The van der Waals surface area contributed by atoms with Crippen LogP contribution in [0.3, 0.4) is 0 Å². The average Bonchev–Trinajstić information content (AvgIpc) is 3.23. The lowest BCUT2D eigenvalue weighted by atomic mass is 10.3. The monoisotopic (exact) mass is 375 g/mol. The Morgan fingerprint density at radius 3 is 2.68 bits per heavy atom. The van der Waals surface area contributed by atoms with Gasteiger partial charge in [0.25, 0.3) is 12.0 Å². The Bertz CT molecular complexity index is 992. The van der Waals surface area contributed by atoms with Gasteiger partial charge < -0.3 is 9.73 Å². The Hall–Kier alpha value is -2.71. The molecule has 0 saturated carbocycles. The van der Waals surface area contributed by atoms with Crippen LogP contribution in [0.4, 0.5) is 6.01 Å². The van der Waals surface area contributed by atoms with Crippen molar-refractivity contribution in [2.45, 2.75) is 13.0 Å². The van der Waals surface area contributed by atoms with Crippen LogP contribution in [0.1, 0.15) is 18.8 Å². The summed E-state index contributed by atoms with van der Waals surface area (Å²) in [4.78, 5) is 17.0. The van der Waals surface area contributed by atoms with E-state index in [0.29, 0.717) is 38.9 Å². The lowest BCUT2D eigenvalue weighted by Crippen LogP contribution is -2.15. The summed E-state index contributed by atoms with van der Waals surface area (Å²) in [6.07, 6.45) is 4.72. The van der Waals surface area contributed by atoms with E-state index in [0.717, 1.165) is 0 Å². The molecule has 0 aliphatic carbocycles. The number of aromatic nitrogens is 6. The summed E-state index contributed by atoms with van der Waals surface area (Å²) in [6, 6.07) is 5.08. The minimum Gasteiger partial charge on any atom is -0.423 e. The summed E-state index contributed by atoms with van der Waals surface area (Å²) in [7, 11) is 0. The molecule has 4 rings (SSSR count). The molecule has 0 aliphatic heterocycles. The molecular weight excluding hydrogens is 365 g/mol. The van der Waals surface area contributed by atoms with Crippen LogP contribution in [0.25, 0.3) is 17.0 Å². The number of rotatable bonds is 4. The maximum absolute atomic E-state index is 6.00. The molecule has 1 atom stereocenters. The Balaban J connectivity index is 1.63. The number of hydrogen-bond donors (Lipinski definition) is 1. The van der Waals surface area contributed by atoms with E-state index in [1.807, 2.05) is 6.92 Å². The zero-order chi connectivity index (χ0) is 17.4. The van der Waals surface area contributed by atoms with Gasteiger partial charge in [-0.25, -0.2) is 15.0 Å². The fourth-order valence-corrected chi connectivity index (χ4v) is 2.65. The highest BCUT2D eigenvalue weighted by atomic mass is 35.5. The highest BCUT2D eigenvalue weighted by Crippen LogP contribution is 2.30. The Kier molecular flexibility index (Phi) is 3.98. The average molecular weight is 376 g/mol. The number of fused-ring (bicyclic) bond motifs is 1. The zero-order valence-electron chi connectivity index (χ0n) is 12.9. The van der Waals surface area contributed by atoms with Gasteiger partial charge in [0.15, 0.2) is 11.4 Å². The van der Waals surface area contributed by atoms with Gasteiger partial charge >= 0.3 is 0 Å². The summed E-state index contributed by atoms with van der Waals surface area (Å²) < 4.78 is 7.21. The molecule has 0 saturated heterocycles. The van der Waals surface area contributed by atoms with Crippen molar-refractivity contribution in [2.24, 2.45) is 0 Å². The van der Waals surface area contributed by atoms with Crippen molar-refractivity contribution >= 4 is 40.3 Å². The molecule has 25 heavy (non-hydrogen) atoms. The van der Waals surface area contributed by atoms with Gasteiger partial charge in [-0.15, -0.1) is 0 Å². The molecule has 1 aromatic carbocycles. The normalized spacial score (nSPS) is 12.4. The largest absolute Gasteiger partial charge is 0.423 e. The van der Waals surface area contributed by atoms with Crippen molar-refractivity contribution in [3.63, 3.8) is 0 Å². The Labute approximate surface area is 151 Å². The van der Waals surface area contributed by atoms with Crippen LogP contribution in [0.15, 0.2) is 41.3 Å². The van der Waals surface area contributed by atoms with Crippen LogP contribution in [0.2, 0.25) is 10.0 Å². The number of nitrogens with zero attached hydrogens (tertiary/aromatic N) is 6. The van der Waals surface area contributed by atoms with Crippen molar-refractivity contribution in [2.75, 3.05) is 5.32 Å². The maximum Gasteiger partial charge on any atom is 0.296 e. The lowest BCUT2D eigenvalue weighted by Gasteiger charge is -2.11. The van der Waals surface area contributed by atoms with Gasteiger partial charge in [0.2, 0.25) is 0 Å². The van der Waals surface area contributed by atoms with Crippen LogP contribution < -0.4 is 5.32 Å². The first-order chi connectivity index (χ1) is 12.1. The van der Waals surface area contributed by atoms with Crippen LogP contribution in [-0.2, 0) is 0 Å². The number of anilines is 1. The summed E-state index contributed by atoms with van der Waals surface area (Å²) in [5.74, 6) is 1.05. The van der Waals surface area contributed by atoms with E-state index in [2.05, 4.69) is 30.4 Å². The fourth-order valence-electron chi connectivity index (χ4n) is 2.34. The predicted molar refractivity (Wildman–Crippen MR) is 93.0 cm³/mol. The molecule has 3 aromatic heterocycles. The molecule has 0 aliphatic rings. The molecule has 0 unspecified atom stereocenters. The summed E-state index contributed by atoms with van der Waals surface area (Å²) in [6.45, 7) is 1.90. The molecule has 0 bridgehead atoms. The summed E-state index contributed by atoms with van der Waals surface area (Å²) in [5.41, 5.74) is 1.15. The molecule has 3 heterocycles. The van der Waals surface area contributed by atoms with E-state index in [1.165, 1.54) is 6.33 Å². The molecule has 1 N–H and O–H groups in total. The van der Waals surface area contributed by atoms with Gasteiger partial charge in [0, 0.05) is 18.5 Å². The predicted octanol–water partition coefficient (Wildman–Crippen LogP) is 3.68. The van der Waals surface area contributed by atoms with Crippen LogP contribution in [-0.4, -0.2) is 29.7 Å². The van der Waals surface area contributed by atoms with Gasteiger partial charge in [-0.05, 0) is 19.1 Å². The summed E-state index contributed by atoms with van der Waals surface area (Å²) in [5, 5.41) is 8.14. The number of halogens is 2. The molecule has 0 fully saturated rings. The molecule has 0 spiro atoms. The first-order valence-corrected chi connectivity index (χ1v) is 8.07. The quantitative estimate of drug-likeness (QED) is 0.581. The van der Waals surface area contributed by atoms with Crippen molar-refractivity contribution in [3.8, 4) is 5.95 Å². The first-order valence-electron chi connectivity index (χ1n) is 7.31. The number of oxazole rings is 1. The standard InChI is InChI=1S/C15H11Cl2N7O/c1-8(13-20-7-21-24(13)14-18-3-2-4-19-14)22-15-23-11-5-9(16)10(17)6-12(11)25-15/h2-8H,1H3,(H,22,23)/t8-/m0/s1. The van der Waals surface area contributed by atoms with Crippen LogP contribution in [0.5, 0.6) is 0 Å². The fraction of sp³-hybridized carbons (Fsp3) is 0.133. The van der Waals surface area contributed by atoms with E-state index >= 15 is 0 Å². The molecular formula is C15H11Cl2N7O. The topological polar surface area (TPSA) is 94.6 Å². The third kappa shape index (κ3) is 3.01. The lowest BCUT2D eigenvalue weighted by molar-refractivity contribution is 0.593. The second-order valence-corrected chi connectivity index (χ2v) is 6.01. The number of benzene rings is 1. The maximum atomic E-state index is 6.00. The van der Waals surface area contributed by atoms with Gasteiger partial charge in [-0.1, -0.05) is 23.2 Å². The van der Waals surface area contributed by atoms with Gasteiger partial charge in [-0.3, -0.25) is 0 Å². The smallest absolute Gasteiger partial charge is 0.296 e. The third-order valence-corrected chi connectivity index (χ3v) is 4.20. The van der Waals surface area contributed by atoms with Gasteiger partial charge in [0.05, 0.1) is 16.1 Å². The van der Waals surface area contributed by atoms with Crippen molar-refractivity contribution in [1.82, 2.24) is 29.7 Å². The number of nitrogens with one attached hydrogen (secondary N) is 1. The minimum absolute atomic E-state index is 0.259. The van der Waals surface area contributed by atoms with Gasteiger partial charge in [0.1, 0.15) is 11.8 Å². The van der Waals surface area contributed by atoms with Crippen molar-refractivity contribution in [3.05, 3.63) is 52.8 Å². The van der Waals surface area contributed by atoms with E-state index < -0.39 is 0 Å². The first kappa shape index (κ1) is 15.8. The van der Waals surface area contributed by atoms with Gasteiger partial charge in [-0.2, -0.15) is 14.8 Å². The molecule has 4 aromatic rings. The van der Waals surface area contributed by atoms with E-state index in [4.69, 9.17) is 27.6 Å². The van der Waals surface area contributed by atoms with Crippen molar-refractivity contribution in [1.29, 1.82) is 0 Å². The highest BCUT2D eigenvalue weighted by Gasteiger charge is 2.18. The van der Waals surface area contributed by atoms with E-state index in [1.54, 1.807) is 35.3 Å². The van der Waals surface area contributed by atoms with E-state index in [-0.39, 0.29) is 6.04 Å². The third-order valence-electron chi connectivity index (χ3n) is 3.47. The molecule has 126 valence electrons. The SMILES string of the molecule is C[C@H](Nc1nc2cc(Cl)c(Cl)cc2o1)c1ncnn1-c1ncccn1. The molecule has 0 amide bonds. The summed E-state index contributed by atoms with van der Waals surface area (Å²) >= 11 is 12.0. The van der Waals surface area contributed by atoms with Crippen LogP contribution >= 0.6 is 23.2 Å². The molecule has 8 nitrogen and oxygen atoms in total. The second kappa shape index (κ2) is 6.30. The molecule has 0 radical (unpaired) electrons. The number of hydrogen-bond acceptors (Lipinski definition) is 7. The Morgan fingerprint density at radius 1 is 1.12 bits per heavy atom. The van der Waals surface area contributed by atoms with Crippen molar-refractivity contribution < 1.29 is 4.42 Å². The zero-order valence-corrected chi connectivity index (χ0v) is 14.4. The minimum atomic E-state index is -0.259. The second-order valence-electron chi connectivity index (χ2n) is 5.20. The van der Waals surface area contributed by atoms with E-state index in [9.17, 15) is 0 Å². The van der Waals surface area contributed by atoms with Crippen LogP contribution in [0, 0.1) is 0 Å². The Morgan fingerprint density at radius 2 is 1.88 bits per heavy atom. The molecule has 10 heteroatoms.